The third-order valence-electron chi connectivity index (χ3n) is 8.09. The van der Waals surface area contributed by atoms with Crippen LogP contribution in [0.4, 0.5) is 0 Å². The van der Waals surface area contributed by atoms with Crippen molar-refractivity contribution in [2.45, 2.75) is 39.3 Å². The van der Waals surface area contributed by atoms with Crippen LogP contribution in [0.15, 0.2) is 117 Å². The molecule has 244 valence electrons. The van der Waals surface area contributed by atoms with E-state index >= 15 is 0 Å². The Morgan fingerprint density at radius 3 is 2.38 bits per heavy atom. The fourth-order valence-corrected chi connectivity index (χ4v) is 6.87. The van der Waals surface area contributed by atoms with Crippen LogP contribution in [0.5, 0.6) is 11.5 Å². The minimum atomic E-state index is -0.734. The van der Waals surface area contributed by atoms with Crippen LogP contribution in [0, 0.1) is 0 Å². The molecule has 0 aliphatic carbocycles. The predicted octanol–water partition coefficient (Wildman–Crippen LogP) is 7.41. The molecule has 0 saturated heterocycles. The lowest BCUT2D eigenvalue weighted by Gasteiger charge is -2.26. The molecule has 0 bridgehead atoms. The molecule has 1 aromatic heterocycles. The van der Waals surface area contributed by atoms with Crippen molar-refractivity contribution in [3.63, 3.8) is 0 Å². The van der Waals surface area contributed by atoms with Crippen LogP contribution in [0.3, 0.4) is 0 Å². The van der Waals surface area contributed by atoms with Gasteiger partial charge in [-0.2, -0.15) is 0 Å². The van der Waals surface area contributed by atoms with E-state index < -0.39 is 12.0 Å². The zero-order valence-corrected chi connectivity index (χ0v) is 29.5. The number of hydrogen-bond acceptors (Lipinski definition) is 7. The zero-order chi connectivity index (χ0) is 33.8. The third-order valence-corrected chi connectivity index (χ3v) is 9.60. The first-order valence-electron chi connectivity index (χ1n) is 15.7. The molecular formula is C39H35BrN2O5S. The van der Waals surface area contributed by atoms with E-state index in [-0.39, 0.29) is 12.2 Å². The van der Waals surface area contributed by atoms with E-state index in [0.29, 0.717) is 44.6 Å². The van der Waals surface area contributed by atoms with E-state index in [4.69, 9.17) is 19.2 Å². The summed E-state index contributed by atoms with van der Waals surface area (Å²) in [5.41, 5.74) is 5.09. The number of carbonyl (C=O) groups is 1. The van der Waals surface area contributed by atoms with E-state index in [9.17, 15) is 9.59 Å². The van der Waals surface area contributed by atoms with Gasteiger partial charge in [0.2, 0.25) is 0 Å². The number of fused-ring (bicyclic) bond motifs is 1. The first kappa shape index (κ1) is 33.2. The summed E-state index contributed by atoms with van der Waals surface area (Å²) in [6, 6.07) is 30.4. The largest absolute Gasteiger partial charge is 0.493 e. The van der Waals surface area contributed by atoms with E-state index in [1.807, 2.05) is 103 Å². The first-order valence-corrected chi connectivity index (χ1v) is 17.3. The number of thiazole rings is 1. The summed E-state index contributed by atoms with van der Waals surface area (Å²) in [6.07, 6.45) is 1.82. The summed E-state index contributed by atoms with van der Waals surface area (Å²) in [7, 11) is 1.59. The lowest BCUT2D eigenvalue weighted by Crippen LogP contribution is -2.40. The molecule has 1 atom stereocenters. The Bertz CT molecular complexity index is 2150. The Morgan fingerprint density at radius 2 is 1.71 bits per heavy atom. The Labute approximate surface area is 291 Å². The number of hydrogen-bond donors (Lipinski definition) is 0. The van der Waals surface area contributed by atoms with Crippen LogP contribution in [0.1, 0.15) is 60.5 Å². The molecule has 1 aliphatic heterocycles. The topological polar surface area (TPSA) is 79.1 Å². The average Bonchev–Trinajstić information content (AvgIpc) is 3.41. The normalized spacial score (nSPS) is 14.5. The van der Waals surface area contributed by atoms with Gasteiger partial charge in [0.25, 0.3) is 5.56 Å². The summed E-state index contributed by atoms with van der Waals surface area (Å²) in [4.78, 5) is 33.5. The second kappa shape index (κ2) is 14.6. The van der Waals surface area contributed by atoms with Crippen molar-refractivity contribution in [3.8, 4) is 11.5 Å². The Balaban J connectivity index is 1.47. The van der Waals surface area contributed by atoms with Crippen LogP contribution < -0.4 is 24.4 Å². The first-order chi connectivity index (χ1) is 23.3. The van der Waals surface area contributed by atoms with Crippen LogP contribution in [0.2, 0.25) is 0 Å². The predicted molar refractivity (Wildman–Crippen MR) is 193 cm³/mol. The molecular weight excluding hydrogens is 688 g/mol. The Hall–Kier alpha value is -4.73. The quantitative estimate of drug-likeness (QED) is 0.140. The SMILES string of the molecule is CCOC(=O)C1=C(c2ccccc2)N=c2s/c(=C\c3ccc(OCc4ccc(Br)cc4)c(OC)c3)c(=O)n2[C@H]1c1ccc(C(C)C)cc1. The van der Waals surface area contributed by atoms with Gasteiger partial charge in [0.1, 0.15) is 6.61 Å². The number of halogens is 1. The molecule has 0 fully saturated rings. The van der Waals surface area contributed by atoms with E-state index in [1.54, 1.807) is 18.6 Å². The minimum absolute atomic E-state index is 0.193. The van der Waals surface area contributed by atoms with Crippen LogP contribution >= 0.6 is 27.3 Å². The van der Waals surface area contributed by atoms with Gasteiger partial charge in [0.05, 0.1) is 35.6 Å². The molecule has 0 radical (unpaired) electrons. The van der Waals surface area contributed by atoms with E-state index in [1.165, 1.54) is 11.3 Å². The van der Waals surface area contributed by atoms with Gasteiger partial charge in [-0.1, -0.05) is 114 Å². The molecule has 1 aliphatic rings. The van der Waals surface area contributed by atoms with Gasteiger partial charge < -0.3 is 14.2 Å². The molecule has 0 N–H and O–H groups in total. The minimum Gasteiger partial charge on any atom is -0.493 e. The van der Waals surface area contributed by atoms with Gasteiger partial charge in [0.15, 0.2) is 16.3 Å². The number of carbonyl (C=O) groups excluding carboxylic acids is 1. The van der Waals surface area contributed by atoms with Crippen molar-refractivity contribution in [2.24, 2.45) is 4.99 Å². The van der Waals surface area contributed by atoms with Crippen LogP contribution in [-0.2, 0) is 16.1 Å². The second-order valence-corrected chi connectivity index (χ2v) is 13.5. The van der Waals surface area contributed by atoms with Gasteiger partial charge in [-0.05, 0) is 65.4 Å². The van der Waals surface area contributed by atoms with Gasteiger partial charge in [0, 0.05) is 10.0 Å². The molecule has 0 amide bonds. The summed E-state index contributed by atoms with van der Waals surface area (Å²) in [6.45, 7) is 6.61. The lowest BCUT2D eigenvalue weighted by atomic mass is 9.91. The fraction of sp³-hybridized carbons (Fsp3) is 0.205. The number of nitrogens with zero attached hydrogens (tertiary/aromatic N) is 2. The highest BCUT2D eigenvalue weighted by Gasteiger charge is 2.35. The zero-order valence-electron chi connectivity index (χ0n) is 27.1. The maximum Gasteiger partial charge on any atom is 0.338 e. The lowest BCUT2D eigenvalue weighted by molar-refractivity contribution is -0.138. The van der Waals surface area contributed by atoms with Crippen molar-refractivity contribution in [3.05, 3.63) is 155 Å². The van der Waals surface area contributed by atoms with Crippen LogP contribution in [0.25, 0.3) is 11.8 Å². The van der Waals surface area contributed by atoms with Crippen molar-refractivity contribution in [1.29, 1.82) is 0 Å². The number of rotatable bonds is 10. The molecule has 5 aromatic rings. The summed E-state index contributed by atoms with van der Waals surface area (Å²) >= 11 is 4.74. The van der Waals surface area contributed by atoms with Gasteiger partial charge >= 0.3 is 5.97 Å². The smallest absolute Gasteiger partial charge is 0.338 e. The van der Waals surface area contributed by atoms with E-state index in [2.05, 4.69) is 29.8 Å². The molecule has 0 saturated carbocycles. The highest BCUT2D eigenvalue weighted by Crippen LogP contribution is 2.36. The van der Waals surface area contributed by atoms with Crippen molar-refractivity contribution < 1.29 is 19.0 Å². The van der Waals surface area contributed by atoms with Gasteiger partial charge in [-0.3, -0.25) is 9.36 Å². The number of aromatic nitrogens is 1. The Kier molecular flexibility index (Phi) is 10.1. The highest BCUT2D eigenvalue weighted by atomic mass is 79.9. The fourth-order valence-electron chi connectivity index (χ4n) is 5.61. The molecule has 9 heteroatoms. The van der Waals surface area contributed by atoms with E-state index in [0.717, 1.165) is 32.3 Å². The molecule has 6 rings (SSSR count). The molecule has 2 heterocycles. The molecule has 0 spiro atoms. The number of esters is 1. The summed E-state index contributed by atoms with van der Waals surface area (Å²) in [5, 5.41) is 0. The molecule has 48 heavy (non-hydrogen) atoms. The monoisotopic (exact) mass is 722 g/mol. The van der Waals surface area contributed by atoms with Gasteiger partial charge in [-0.15, -0.1) is 0 Å². The molecule has 4 aromatic carbocycles. The van der Waals surface area contributed by atoms with Crippen molar-refractivity contribution in [2.75, 3.05) is 13.7 Å². The summed E-state index contributed by atoms with van der Waals surface area (Å²) in [5.74, 6) is 0.967. The van der Waals surface area contributed by atoms with Crippen molar-refractivity contribution >= 4 is 45.0 Å². The second-order valence-electron chi connectivity index (χ2n) is 11.6. The standard InChI is InChI=1S/C39H35BrN2O5S/c1-5-46-38(44)34-35(28-9-7-6-8-10-28)41-39-42(36(34)29-16-14-27(15-17-29)24(2)3)37(43)33(48-39)22-26-13-20-31(32(21-26)45-4)47-23-25-11-18-30(40)19-12-25/h6-22,24,36H,5,23H2,1-4H3/b33-22-/t36-/m0/s1. The summed E-state index contributed by atoms with van der Waals surface area (Å²) < 4.78 is 20.4. The molecule has 0 unspecified atom stereocenters. The average molecular weight is 724 g/mol. The third kappa shape index (κ3) is 6.93. The number of benzene rings is 4. The maximum absolute atomic E-state index is 14.3. The van der Waals surface area contributed by atoms with Crippen molar-refractivity contribution in [1.82, 2.24) is 4.57 Å². The van der Waals surface area contributed by atoms with Crippen LogP contribution in [-0.4, -0.2) is 24.3 Å². The molecule has 7 nitrogen and oxygen atoms in total. The maximum atomic E-state index is 14.3. The highest BCUT2D eigenvalue weighted by molar-refractivity contribution is 9.10. The number of ether oxygens (including phenoxy) is 3. The van der Waals surface area contributed by atoms with Gasteiger partial charge in [-0.25, -0.2) is 9.79 Å². The Morgan fingerprint density at radius 1 is 0.979 bits per heavy atom. The number of methoxy groups -OCH3 is 1.